The summed E-state index contributed by atoms with van der Waals surface area (Å²) in [5, 5.41) is 8.32. The number of carboxylic acids is 1. The normalized spacial score (nSPS) is 11.2. The number of hydrogen-bond donors (Lipinski definition) is 1. The van der Waals surface area contributed by atoms with Crippen molar-refractivity contribution < 1.29 is 14.7 Å². The Hall–Kier alpha value is -0.860. The van der Waals surface area contributed by atoms with Crippen LogP contribution in [0, 0.1) is 5.41 Å². The minimum absolute atomic E-state index is 0.0851. The Labute approximate surface area is 72.8 Å². The van der Waals surface area contributed by atoms with E-state index in [0.29, 0.717) is 12.8 Å². The second-order valence-corrected chi connectivity index (χ2v) is 3.92. The molecule has 0 aromatic heterocycles. The molecule has 3 heteroatoms. The van der Waals surface area contributed by atoms with Crippen LogP contribution >= 0.6 is 0 Å². The Kier molecular flexibility index (Phi) is 3.93. The standard InChI is InChI=1S/C9H16O3/c1-9(2,3)7(10)5-4-6-8(11)12/h4-6H2,1-3H3,(H,11,12). The number of hydrogen-bond acceptors (Lipinski definition) is 2. The molecule has 12 heavy (non-hydrogen) atoms. The summed E-state index contributed by atoms with van der Waals surface area (Å²) in [6.45, 7) is 5.53. The van der Waals surface area contributed by atoms with Crippen LogP contribution in [0.4, 0.5) is 0 Å². The van der Waals surface area contributed by atoms with E-state index in [1.165, 1.54) is 0 Å². The number of rotatable bonds is 4. The number of Topliss-reactive ketones (excluding diaryl/α,β-unsaturated/α-hetero) is 1. The van der Waals surface area contributed by atoms with Crippen LogP contribution in [-0.2, 0) is 9.59 Å². The molecular weight excluding hydrogens is 156 g/mol. The molecule has 0 fully saturated rings. The average Bonchev–Trinajstić information content (AvgIpc) is 1.84. The Morgan fingerprint density at radius 1 is 1.17 bits per heavy atom. The van der Waals surface area contributed by atoms with Gasteiger partial charge in [-0.25, -0.2) is 0 Å². The molecule has 0 radical (unpaired) electrons. The van der Waals surface area contributed by atoms with E-state index in [1.54, 1.807) is 0 Å². The van der Waals surface area contributed by atoms with Crippen LogP contribution in [0.15, 0.2) is 0 Å². The van der Waals surface area contributed by atoms with Crippen molar-refractivity contribution in [1.29, 1.82) is 0 Å². The zero-order valence-corrected chi connectivity index (χ0v) is 7.89. The molecule has 0 bridgehead atoms. The van der Waals surface area contributed by atoms with Gasteiger partial charge in [0, 0.05) is 18.3 Å². The Morgan fingerprint density at radius 3 is 2.00 bits per heavy atom. The van der Waals surface area contributed by atoms with Gasteiger partial charge in [-0.3, -0.25) is 9.59 Å². The first-order valence-corrected chi connectivity index (χ1v) is 4.09. The number of carbonyl (C=O) groups is 2. The molecule has 0 aliphatic heterocycles. The Morgan fingerprint density at radius 2 is 1.67 bits per heavy atom. The summed E-state index contributed by atoms with van der Waals surface area (Å²) in [5.41, 5.74) is -0.335. The van der Waals surface area contributed by atoms with Crippen molar-refractivity contribution in [1.82, 2.24) is 0 Å². The second kappa shape index (κ2) is 4.24. The maximum absolute atomic E-state index is 11.3. The number of ketones is 1. The highest BCUT2D eigenvalue weighted by Crippen LogP contribution is 2.17. The number of carbonyl (C=O) groups excluding carboxylic acids is 1. The first-order valence-electron chi connectivity index (χ1n) is 4.09. The molecule has 1 N–H and O–H groups in total. The van der Waals surface area contributed by atoms with Crippen molar-refractivity contribution in [2.24, 2.45) is 5.41 Å². The van der Waals surface area contributed by atoms with Crippen LogP contribution in [0.1, 0.15) is 40.0 Å². The lowest BCUT2D eigenvalue weighted by atomic mass is 9.88. The fourth-order valence-electron chi connectivity index (χ4n) is 0.775. The summed E-state index contributed by atoms with van der Waals surface area (Å²) < 4.78 is 0. The third-order valence-corrected chi connectivity index (χ3v) is 1.63. The second-order valence-electron chi connectivity index (χ2n) is 3.92. The molecule has 0 saturated carbocycles. The van der Waals surface area contributed by atoms with Crippen molar-refractivity contribution in [2.75, 3.05) is 0 Å². The molecule has 0 atom stereocenters. The van der Waals surface area contributed by atoms with Crippen LogP contribution < -0.4 is 0 Å². The molecule has 0 aliphatic rings. The molecule has 0 rings (SSSR count). The predicted molar refractivity (Wildman–Crippen MR) is 45.9 cm³/mol. The molecule has 3 nitrogen and oxygen atoms in total. The lowest BCUT2D eigenvalue weighted by Crippen LogP contribution is -2.19. The molecule has 0 amide bonds. The molecule has 0 heterocycles. The SMILES string of the molecule is CC(C)(C)C(=O)CCCC(=O)O. The van der Waals surface area contributed by atoms with Crippen LogP contribution in [0.25, 0.3) is 0 Å². The van der Waals surface area contributed by atoms with Crippen molar-refractivity contribution in [3.8, 4) is 0 Å². The van der Waals surface area contributed by atoms with Crippen molar-refractivity contribution >= 4 is 11.8 Å². The Balaban J connectivity index is 3.66. The minimum Gasteiger partial charge on any atom is -0.481 e. The minimum atomic E-state index is -0.836. The summed E-state index contributed by atoms with van der Waals surface area (Å²) >= 11 is 0. The van der Waals surface area contributed by atoms with Gasteiger partial charge in [0.2, 0.25) is 0 Å². The van der Waals surface area contributed by atoms with Gasteiger partial charge in [-0.15, -0.1) is 0 Å². The quantitative estimate of drug-likeness (QED) is 0.704. The molecule has 0 saturated heterocycles. The van der Waals surface area contributed by atoms with Gasteiger partial charge in [0.1, 0.15) is 5.78 Å². The molecular formula is C9H16O3. The van der Waals surface area contributed by atoms with Gasteiger partial charge in [-0.05, 0) is 6.42 Å². The highest BCUT2D eigenvalue weighted by Gasteiger charge is 2.20. The van der Waals surface area contributed by atoms with E-state index in [4.69, 9.17) is 5.11 Å². The highest BCUT2D eigenvalue weighted by molar-refractivity contribution is 5.83. The van der Waals surface area contributed by atoms with Crippen LogP contribution in [0.5, 0.6) is 0 Å². The molecule has 0 aliphatic carbocycles. The third kappa shape index (κ3) is 4.88. The first-order chi connectivity index (χ1) is 5.34. The largest absolute Gasteiger partial charge is 0.481 e. The fraction of sp³-hybridized carbons (Fsp3) is 0.778. The maximum Gasteiger partial charge on any atom is 0.303 e. The highest BCUT2D eigenvalue weighted by atomic mass is 16.4. The summed E-state index contributed by atoms with van der Waals surface area (Å²) in [6.07, 6.45) is 0.906. The van der Waals surface area contributed by atoms with Crippen molar-refractivity contribution in [2.45, 2.75) is 40.0 Å². The smallest absolute Gasteiger partial charge is 0.303 e. The zero-order valence-electron chi connectivity index (χ0n) is 7.89. The Bertz CT molecular complexity index is 177. The zero-order chi connectivity index (χ0) is 9.78. The number of aliphatic carboxylic acids is 1. The van der Waals surface area contributed by atoms with Crippen LogP contribution in [0.2, 0.25) is 0 Å². The summed E-state index contributed by atoms with van der Waals surface area (Å²) in [6, 6.07) is 0. The monoisotopic (exact) mass is 172 g/mol. The first kappa shape index (κ1) is 11.1. The molecule has 0 aromatic rings. The van der Waals surface area contributed by atoms with E-state index in [9.17, 15) is 9.59 Å². The van der Waals surface area contributed by atoms with E-state index >= 15 is 0 Å². The maximum atomic E-state index is 11.3. The fourth-order valence-corrected chi connectivity index (χ4v) is 0.775. The van der Waals surface area contributed by atoms with Gasteiger partial charge in [-0.1, -0.05) is 20.8 Å². The van der Waals surface area contributed by atoms with Gasteiger partial charge in [0.25, 0.3) is 0 Å². The van der Waals surface area contributed by atoms with E-state index < -0.39 is 5.97 Å². The van der Waals surface area contributed by atoms with Gasteiger partial charge in [0.05, 0.1) is 0 Å². The van der Waals surface area contributed by atoms with E-state index in [-0.39, 0.29) is 17.6 Å². The van der Waals surface area contributed by atoms with Gasteiger partial charge in [0.15, 0.2) is 0 Å². The summed E-state index contributed by atoms with van der Waals surface area (Å²) in [5.74, 6) is -0.708. The van der Waals surface area contributed by atoms with Gasteiger partial charge in [-0.2, -0.15) is 0 Å². The third-order valence-electron chi connectivity index (χ3n) is 1.63. The summed E-state index contributed by atoms with van der Waals surface area (Å²) in [7, 11) is 0. The van der Waals surface area contributed by atoms with Crippen LogP contribution in [-0.4, -0.2) is 16.9 Å². The lowest BCUT2D eigenvalue weighted by molar-refractivity contribution is -0.137. The lowest BCUT2D eigenvalue weighted by Gasteiger charge is -2.15. The molecule has 0 unspecified atom stereocenters. The summed E-state index contributed by atoms with van der Waals surface area (Å²) in [4.78, 5) is 21.4. The van der Waals surface area contributed by atoms with Gasteiger partial charge >= 0.3 is 5.97 Å². The van der Waals surface area contributed by atoms with Crippen LogP contribution in [0.3, 0.4) is 0 Å². The van der Waals surface area contributed by atoms with Crippen molar-refractivity contribution in [3.05, 3.63) is 0 Å². The predicted octanol–water partition coefficient (Wildman–Crippen LogP) is 1.86. The molecule has 70 valence electrons. The topological polar surface area (TPSA) is 54.4 Å². The van der Waals surface area contributed by atoms with E-state index in [2.05, 4.69) is 0 Å². The van der Waals surface area contributed by atoms with E-state index in [0.717, 1.165) is 0 Å². The molecule has 0 spiro atoms. The molecule has 0 aromatic carbocycles. The number of carboxylic acid groups (broad SMARTS) is 1. The average molecular weight is 172 g/mol. The van der Waals surface area contributed by atoms with Crippen molar-refractivity contribution in [3.63, 3.8) is 0 Å². The van der Waals surface area contributed by atoms with E-state index in [1.807, 2.05) is 20.8 Å². The van der Waals surface area contributed by atoms with Gasteiger partial charge < -0.3 is 5.11 Å².